The molecule has 1 saturated heterocycles. The first-order chi connectivity index (χ1) is 9.06. The van der Waals surface area contributed by atoms with Crippen molar-refractivity contribution in [1.29, 1.82) is 0 Å². The summed E-state index contributed by atoms with van der Waals surface area (Å²) in [4.78, 5) is 0. The van der Waals surface area contributed by atoms with E-state index in [2.05, 4.69) is 41.2 Å². The van der Waals surface area contributed by atoms with Gasteiger partial charge in [-0.2, -0.15) is 0 Å². The molecular weight excluding hydrogens is 304 g/mol. The summed E-state index contributed by atoms with van der Waals surface area (Å²) in [5.74, 6) is 0.521. The van der Waals surface area contributed by atoms with Gasteiger partial charge in [-0.05, 0) is 46.8 Å². The van der Waals surface area contributed by atoms with Gasteiger partial charge in [-0.25, -0.2) is 0 Å². The number of benzene rings is 1. The van der Waals surface area contributed by atoms with E-state index in [4.69, 9.17) is 10.5 Å². The lowest BCUT2D eigenvalue weighted by molar-refractivity contribution is -0.0357. The van der Waals surface area contributed by atoms with Crippen LogP contribution >= 0.6 is 15.9 Å². The number of halogens is 1. The van der Waals surface area contributed by atoms with E-state index < -0.39 is 0 Å². The topological polar surface area (TPSA) is 47.3 Å². The maximum absolute atomic E-state index is 6.07. The summed E-state index contributed by atoms with van der Waals surface area (Å²) in [6.45, 7) is 5.81. The molecule has 19 heavy (non-hydrogen) atoms. The van der Waals surface area contributed by atoms with Crippen molar-refractivity contribution in [3.8, 4) is 0 Å². The highest BCUT2D eigenvalue weighted by Crippen LogP contribution is 2.33. The van der Waals surface area contributed by atoms with Crippen LogP contribution in [0.1, 0.15) is 26.7 Å². The molecule has 106 valence electrons. The highest BCUT2D eigenvalue weighted by atomic mass is 79.9. The molecule has 3 N–H and O–H groups in total. The Labute approximate surface area is 124 Å². The van der Waals surface area contributed by atoms with Gasteiger partial charge in [0.05, 0.1) is 11.6 Å². The van der Waals surface area contributed by atoms with Crippen molar-refractivity contribution in [2.75, 3.05) is 18.5 Å². The smallest absolute Gasteiger partial charge is 0.0620 e. The lowest BCUT2D eigenvalue weighted by Gasteiger charge is -2.43. The van der Waals surface area contributed by atoms with Crippen molar-refractivity contribution in [2.45, 2.75) is 38.3 Å². The summed E-state index contributed by atoms with van der Waals surface area (Å²) in [6.07, 6.45) is 2.20. The van der Waals surface area contributed by atoms with Crippen molar-refractivity contribution in [1.82, 2.24) is 0 Å². The lowest BCUT2D eigenvalue weighted by atomic mass is 9.83. The first-order valence-electron chi connectivity index (χ1n) is 6.91. The largest absolute Gasteiger partial charge is 0.378 e. The molecule has 1 fully saturated rings. The SMILES string of the molecule is CC(C)C1CC(CN)(Nc2ccccc2Br)CCO1. The van der Waals surface area contributed by atoms with Gasteiger partial charge in [0.25, 0.3) is 0 Å². The summed E-state index contributed by atoms with van der Waals surface area (Å²) in [7, 11) is 0. The molecular formula is C15H23BrN2O. The monoisotopic (exact) mass is 326 g/mol. The quantitative estimate of drug-likeness (QED) is 0.891. The number of hydrogen-bond acceptors (Lipinski definition) is 3. The van der Waals surface area contributed by atoms with E-state index in [0.29, 0.717) is 12.5 Å². The molecule has 1 heterocycles. The number of nitrogens with two attached hydrogens (primary N) is 1. The molecule has 2 atom stereocenters. The third-order valence-corrected chi connectivity index (χ3v) is 4.60. The molecule has 4 heteroatoms. The first kappa shape index (κ1) is 14.8. The molecule has 0 bridgehead atoms. The normalized spacial score (nSPS) is 27.5. The van der Waals surface area contributed by atoms with E-state index in [-0.39, 0.29) is 11.6 Å². The van der Waals surface area contributed by atoms with Gasteiger partial charge in [-0.3, -0.25) is 0 Å². The molecule has 0 aromatic heterocycles. The van der Waals surface area contributed by atoms with Gasteiger partial charge in [-0.1, -0.05) is 26.0 Å². The van der Waals surface area contributed by atoms with Crippen LogP contribution in [0.25, 0.3) is 0 Å². The van der Waals surface area contributed by atoms with E-state index in [1.807, 2.05) is 18.2 Å². The zero-order chi connectivity index (χ0) is 13.9. The number of anilines is 1. The van der Waals surface area contributed by atoms with Crippen LogP contribution in [-0.4, -0.2) is 24.8 Å². The van der Waals surface area contributed by atoms with Crippen LogP contribution in [0, 0.1) is 5.92 Å². The molecule has 0 aliphatic carbocycles. The fourth-order valence-electron chi connectivity index (χ4n) is 2.58. The lowest BCUT2D eigenvalue weighted by Crippen LogP contribution is -2.53. The van der Waals surface area contributed by atoms with Crippen LogP contribution in [0.2, 0.25) is 0 Å². The fraction of sp³-hybridized carbons (Fsp3) is 0.600. The Bertz CT molecular complexity index is 424. The van der Waals surface area contributed by atoms with Crippen molar-refractivity contribution in [3.05, 3.63) is 28.7 Å². The molecule has 0 amide bonds. The second kappa shape index (κ2) is 6.25. The molecule has 2 unspecified atom stereocenters. The molecule has 0 saturated carbocycles. The zero-order valence-electron chi connectivity index (χ0n) is 11.7. The average Bonchev–Trinajstić information content (AvgIpc) is 2.42. The van der Waals surface area contributed by atoms with Crippen molar-refractivity contribution in [3.63, 3.8) is 0 Å². The summed E-state index contributed by atoms with van der Waals surface area (Å²) >= 11 is 3.59. The maximum Gasteiger partial charge on any atom is 0.0620 e. The van der Waals surface area contributed by atoms with Gasteiger partial charge >= 0.3 is 0 Å². The third kappa shape index (κ3) is 3.50. The number of rotatable bonds is 4. The minimum atomic E-state index is -0.0585. The summed E-state index contributed by atoms with van der Waals surface area (Å²) in [5.41, 5.74) is 7.12. The Kier molecular flexibility index (Phi) is 4.87. The Morgan fingerprint density at radius 3 is 2.84 bits per heavy atom. The minimum Gasteiger partial charge on any atom is -0.378 e. The van der Waals surface area contributed by atoms with Gasteiger partial charge in [-0.15, -0.1) is 0 Å². The van der Waals surface area contributed by atoms with Gasteiger partial charge in [0.2, 0.25) is 0 Å². The van der Waals surface area contributed by atoms with Crippen LogP contribution in [0.5, 0.6) is 0 Å². The maximum atomic E-state index is 6.07. The Morgan fingerprint density at radius 2 is 2.21 bits per heavy atom. The molecule has 1 aromatic carbocycles. The number of ether oxygens (including phenoxy) is 1. The zero-order valence-corrected chi connectivity index (χ0v) is 13.2. The van der Waals surface area contributed by atoms with E-state index >= 15 is 0 Å². The Morgan fingerprint density at radius 1 is 1.47 bits per heavy atom. The summed E-state index contributed by atoms with van der Waals surface area (Å²) in [5, 5.41) is 3.65. The summed E-state index contributed by atoms with van der Waals surface area (Å²) in [6, 6.07) is 8.19. The van der Waals surface area contributed by atoms with Crippen LogP contribution in [0.15, 0.2) is 28.7 Å². The average molecular weight is 327 g/mol. The molecule has 2 rings (SSSR count). The van der Waals surface area contributed by atoms with Crippen molar-refractivity contribution >= 4 is 21.6 Å². The van der Waals surface area contributed by atoms with Crippen LogP contribution in [0.3, 0.4) is 0 Å². The van der Waals surface area contributed by atoms with Crippen molar-refractivity contribution in [2.24, 2.45) is 11.7 Å². The Balaban J connectivity index is 2.16. The molecule has 1 aromatic rings. The fourth-order valence-corrected chi connectivity index (χ4v) is 2.96. The molecule has 0 radical (unpaired) electrons. The number of nitrogens with one attached hydrogen (secondary N) is 1. The highest BCUT2D eigenvalue weighted by Gasteiger charge is 2.37. The molecule has 1 aliphatic heterocycles. The standard InChI is InChI=1S/C15H23BrN2O/c1-11(2)14-9-15(10-17,7-8-19-14)18-13-6-4-3-5-12(13)16/h3-6,11,14,18H,7-10,17H2,1-2H3. The van der Waals surface area contributed by atoms with Gasteiger partial charge in [0, 0.05) is 23.3 Å². The summed E-state index contributed by atoms with van der Waals surface area (Å²) < 4.78 is 6.94. The van der Waals surface area contributed by atoms with E-state index in [9.17, 15) is 0 Å². The van der Waals surface area contributed by atoms with Gasteiger partial charge in [0.15, 0.2) is 0 Å². The van der Waals surface area contributed by atoms with E-state index in [1.165, 1.54) is 0 Å². The third-order valence-electron chi connectivity index (χ3n) is 3.91. The van der Waals surface area contributed by atoms with Gasteiger partial charge in [0.1, 0.15) is 0 Å². The first-order valence-corrected chi connectivity index (χ1v) is 7.70. The number of hydrogen-bond donors (Lipinski definition) is 2. The second-order valence-electron chi connectivity index (χ2n) is 5.70. The minimum absolute atomic E-state index is 0.0585. The predicted molar refractivity (Wildman–Crippen MR) is 83.4 cm³/mol. The van der Waals surface area contributed by atoms with Crippen LogP contribution in [-0.2, 0) is 4.74 Å². The number of para-hydroxylation sites is 1. The van der Waals surface area contributed by atoms with E-state index in [0.717, 1.165) is 29.6 Å². The van der Waals surface area contributed by atoms with Crippen molar-refractivity contribution < 1.29 is 4.74 Å². The Hall–Kier alpha value is -0.580. The molecule has 0 spiro atoms. The predicted octanol–water partition coefficient (Wildman–Crippen LogP) is 3.39. The van der Waals surface area contributed by atoms with E-state index in [1.54, 1.807) is 0 Å². The molecule has 1 aliphatic rings. The molecule has 3 nitrogen and oxygen atoms in total. The van der Waals surface area contributed by atoms with Gasteiger partial charge < -0.3 is 15.8 Å². The van der Waals surface area contributed by atoms with Crippen LogP contribution < -0.4 is 11.1 Å². The van der Waals surface area contributed by atoms with Crippen LogP contribution in [0.4, 0.5) is 5.69 Å². The highest BCUT2D eigenvalue weighted by molar-refractivity contribution is 9.10. The second-order valence-corrected chi connectivity index (χ2v) is 6.55.